The topological polar surface area (TPSA) is 231 Å². The molecule has 16 nitrogen and oxygen atoms in total. The average molecular weight is 549 g/mol. The van der Waals surface area contributed by atoms with E-state index in [9.17, 15) is 38.4 Å². The highest BCUT2D eigenvalue weighted by molar-refractivity contribution is 7.59. The number of nitrogens with zero attached hydrogens (tertiary/aromatic N) is 1. The number of phosphoric ester groups is 2. The molecule has 0 saturated carbocycles. The number of amides is 1. The maximum absolute atomic E-state index is 12.4. The van der Waals surface area contributed by atoms with Gasteiger partial charge in [0.25, 0.3) is 21.2 Å². The fraction of sp³-hybridized carbons (Fsp3) is 0.389. The van der Waals surface area contributed by atoms with E-state index < -0.39 is 70.7 Å². The van der Waals surface area contributed by atoms with Gasteiger partial charge in [0.1, 0.15) is 12.2 Å². The summed E-state index contributed by atoms with van der Waals surface area (Å²) in [5, 5.41) is 13.1. The van der Waals surface area contributed by atoms with E-state index in [0.29, 0.717) is 5.69 Å². The highest BCUT2D eigenvalue weighted by atomic mass is 31.3. The summed E-state index contributed by atoms with van der Waals surface area (Å²) in [6, 6.07) is 9.02. The van der Waals surface area contributed by atoms with Crippen LogP contribution in [0.25, 0.3) is 0 Å². The van der Waals surface area contributed by atoms with Crippen molar-refractivity contribution in [3.05, 3.63) is 63.4 Å². The van der Waals surface area contributed by atoms with Gasteiger partial charge in [0.2, 0.25) is 0 Å². The third kappa shape index (κ3) is 7.43. The molecule has 198 valence electrons. The van der Waals surface area contributed by atoms with Gasteiger partial charge in [0, 0.05) is 18.0 Å². The summed E-state index contributed by atoms with van der Waals surface area (Å²) in [6.45, 7) is -0.117. The molecule has 0 aliphatic carbocycles. The maximum atomic E-state index is 12.4. The number of aromatic nitrogens is 2. The average Bonchev–Trinajstić information content (AvgIpc) is 3.07. The fourth-order valence-electron chi connectivity index (χ4n) is 3.12. The zero-order chi connectivity index (χ0) is 26.5. The van der Waals surface area contributed by atoms with Crippen molar-refractivity contribution in [1.82, 2.24) is 9.55 Å². The number of H-pyrrole nitrogens is 1. The van der Waals surface area contributed by atoms with E-state index >= 15 is 0 Å². The predicted octanol–water partition coefficient (Wildman–Crippen LogP) is -0.581. The number of aromatic amines is 1. The molecule has 2 aromatic rings. The van der Waals surface area contributed by atoms with Gasteiger partial charge in [-0.05, 0) is 19.1 Å². The van der Waals surface area contributed by atoms with E-state index in [4.69, 9.17) is 9.47 Å². The monoisotopic (exact) mass is 549 g/mol. The minimum absolute atomic E-state index is 0.342. The van der Waals surface area contributed by atoms with Gasteiger partial charge in [-0.15, -0.1) is 0 Å². The van der Waals surface area contributed by atoms with E-state index in [-0.39, 0.29) is 0 Å². The van der Waals surface area contributed by atoms with Crippen molar-refractivity contribution in [1.29, 1.82) is 0 Å². The number of carbonyl (C=O) groups excluding carboxylic acids is 1. The van der Waals surface area contributed by atoms with Crippen LogP contribution in [0.2, 0.25) is 0 Å². The van der Waals surface area contributed by atoms with Gasteiger partial charge < -0.3 is 33.4 Å². The number of hydrogen-bond donors (Lipinski definition) is 3. The lowest BCUT2D eigenvalue weighted by atomic mass is 10.1. The summed E-state index contributed by atoms with van der Waals surface area (Å²) in [5.41, 5.74) is -1.38. The van der Waals surface area contributed by atoms with E-state index in [0.717, 1.165) is 16.8 Å². The van der Waals surface area contributed by atoms with Crippen LogP contribution in [0.3, 0.4) is 0 Å². The van der Waals surface area contributed by atoms with Gasteiger partial charge in [-0.1, -0.05) is 18.2 Å². The van der Waals surface area contributed by atoms with Crippen LogP contribution >= 0.6 is 15.6 Å². The van der Waals surface area contributed by atoms with Crippen molar-refractivity contribution < 1.29 is 51.6 Å². The summed E-state index contributed by atoms with van der Waals surface area (Å²) >= 11 is 0. The van der Waals surface area contributed by atoms with Crippen LogP contribution in [-0.2, 0) is 32.0 Å². The minimum Gasteiger partial charge on any atom is -0.756 e. The quantitative estimate of drug-likeness (QED) is 0.315. The molecular formula is C18H21N3O13P2-2. The lowest BCUT2D eigenvalue weighted by Gasteiger charge is -2.30. The summed E-state index contributed by atoms with van der Waals surface area (Å²) in [7, 11) is -10.7. The van der Waals surface area contributed by atoms with Gasteiger partial charge in [-0.2, -0.15) is 0 Å². The Hall–Kier alpha value is -2.65. The number of carbonyl (C=O) groups is 1. The molecule has 1 aromatic carbocycles. The molecule has 18 heteroatoms. The van der Waals surface area contributed by atoms with Gasteiger partial charge in [-0.25, -0.2) is 13.9 Å². The molecule has 1 saturated heterocycles. The molecule has 6 atom stereocenters. The Morgan fingerprint density at radius 1 is 1.17 bits per heavy atom. The van der Waals surface area contributed by atoms with Crippen LogP contribution in [0.5, 0.6) is 0 Å². The van der Waals surface area contributed by atoms with E-state index in [2.05, 4.69) is 18.7 Å². The van der Waals surface area contributed by atoms with E-state index in [1.807, 2.05) is 4.98 Å². The zero-order valence-corrected chi connectivity index (χ0v) is 20.2. The van der Waals surface area contributed by atoms with Crippen molar-refractivity contribution in [3.8, 4) is 0 Å². The van der Waals surface area contributed by atoms with Crippen molar-refractivity contribution in [2.45, 2.75) is 31.5 Å². The first-order valence-electron chi connectivity index (χ1n) is 10.2. The SMILES string of the molecule is CCOP(=O)([O-])OP(=O)([O-])OC[C@H]1O[C@@H](n2ccc(=O)[nH]c2=O)C(OC(=O)Nc2ccccc2)[C@H]1O. The molecule has 1 aromatic heterocycles. The van der Waals surface area contributed by atoms with Crippen molar-refractivity contribution >= 4 is 27.4 Å². The molecular weight excluding hydrogens is 528 g/mol. The molecule has 0 spiro atoms. The number of ether oxygens (including phenoxy) is 2. The Labute approximate surface area is 202 Å². The van der Waals surface area contributed by atoms with Gasteiger partial charge >= 0.3 is 11.8 Å². The van der Waals surface area contributed by atoms with Crippen molar-refractivity contribution in [3.63, 3.8) is 0 Å². The van der Waals surface area contributed by atoms with Crippen LogP contribution in [0.15, 0.2) is 52.2 Å². The smallest absolute Gasteiger partial charge is 0.412 e. The van der Waals surface area contributed by atoms with Gasteiger partial charge in [-0.3, -0.25) is 28.8 Å². The van der Waals surface area contributed by atoms with Gasteiger partial charge in [0.05, 0.1) is 13.2 Å². The Balaban J connectivity index is 1.78. The number of para-hydroxylation sites is 1. The van der Waals surface area contributed by atoms with Crippen LogP contribution in [0.1, 0.15) is 13.2 Å². The predicted molar refractivity (Wildman–Crippen MR) is 115 cm³/mol. The molecule has 3 unspecified atom stereocenters. The number of aliphatic hydroxyl groups is 1. The number of rotatable bonds is 10. The summed E-state index contributed by atoms with van der Waals surface area (Å²) in [5.74, 6) is 0. The minimum atomic E-state index is -5.50. The number of nitrogens with one attached hydrogen (secondary N) is 2. The first-order chi connectivity index (χ1) is 16.9. The molecule has 1 aliphatic rings. The first-order valence-corrected chi connectivity index (χ1v) is 13.1. The van der Waals surface area contributed by atoms with Crippen LogP contribution in [0.4, 0.5) is 10.5 Å². The third-order valence-corrected chi connectivity index (χ3v) is 7.23. The molecule has 3 rings (SSSR count). The second-order valence-corrected chi connectivity index (χ2v) is 10.1. The van der Waals surface area contributed by atoms with Crippen molar-refractivity contribution in [2.24, 2.45) is 0 Å². The van der Waals surface area contributed by atoms with Crippen LogP contribution in [0, 0.1) is 0 Å². The lowest BCUT2D eigenvalue weighted by molar-refractivity contribution is -0.245. The molecule has 0 radical (unpaired) electrons. The number of hydrogen-bond acceptors (Lipinski definition) is 13. The van der Waals surface area contributed by atoms with Crippen molar-refractivity contribution in [2.75, 3.05) is 18.5 Å². The van der Waals surface area contributed by atoms with Crippen LogP contribution in [-0.4, -0.2) is 52.3 Å². The molecule has 1 aliphatic heterocycles. The molecule has 1 fully saturated rings. The number of benzene rings is 1. The number of aliphatic hydroxyl groups excluding tert-OH is 1. The zero-order valence-electron chi connectivity index (χ0n) is 18.5. The fourth-order valence-corrected chi connectivity index (χ4v) is 5.12. The van der Waals surface area contributed by atoms with Gasteiger partial charge in [0.15, 0.2) is 12.3 Å². The maximum Gasteiger partial charge on any atom is 0.412 e. The second-order valence-electron chi connectivity index (χ2n) is 7.12. The summed E-state index contributed by atoms with van der Waals surface area (Å²) in [6.07, 6.45) is -6.54. The molecule has 1 amide bonds. The molecule has 36 heavy (non-hydrogen) atoms. The standard InChI is InChI=1S/C18H23N3O13P2/c1-2-30-35(26,27)34-36(28,29)31-10-12-14(23)15(33-18(25)19-11-6-4-3-5-7-11)16(32-12)21-9-8-13(22)20-17(21)24/h3-9,12,14-16,23H,2,10H2,1H3,(H,19,25)(H,26,27)(H,28,29)(H,20,22,24)/p-2/t12-,14+,15?,16-/m1/s1. The molecule has 0 bridgehead atoms. The van der Waals surface area contributed by atoms with Crippen LogP contribution < -0.4 is 26.4 Å². The Morgan fingerprint density at radius 2 is 1.83 bits per heavy atom. The molecule has 2 heterocycles. The van der Waals surface area contributed by atoms with E-state index in [1.165, 1.54) is 6.92 Å². The lowest BCUT2D eigenvalue weighted by Crippen LogP contribution is -2.41. The third-order valence-electron chi connectivity index (χ3n) is 4.59. The van der Waals surface area contributed by atoms with E-state index in [1.54, 1.807) is 30.3 Å². The second kappa shape index (κ2) is 11.6. The Bertz CT molecular complexity index is 1270. The largest absolute Gasteiger partial charge is 0.756 e. The highest BCUT2D eigenvalue weighted by Gasteiger charge is 2.48. The highest BCUT2D eigenvalue weighted by Crippen LogP contribution is 2.55. The Morgan fingerprint density at radius 3 is 2.47 bits per heavy atom. The normalized spacial score (nSPS) is 25.0. The summed E-state index contributed by atoms with van der Waals surface area (Å²) < 4.78 is 47.4. The summed E-state index contributed by atoms with van der Waals surface area (Å²) in [4.78, 5) is 61.4. The molecule has 3 N–H and O–H groups in total. The number of anilines is 1. The first kappa shape index (κ1) is 27.9. The Kier molecular flexibility index (Phi) is 9.00. The number of phosphoric acid groups is 2.